The van der Waals surface area contributed by atoms with Crippen LogP contribution in [0.5, 0.6) is 0 Å². The van der Waals surface area contributed by atoms with Gasteiger partial charge in [0.05, 0.1) is 5.69 Å². The third-order valence-corrected chi connectivity index (χ3v) is 4.28. The predicted octanol–water partition coefficient (Wildman–Crippen LogP) is 3.37. The smallest absolute Gasteiger partial charge is 0.410 e. The van der Waals surface area contributed by atoms with E-state index in [-0.39, 0.29) is 18.4 Å². The molecule has 7 nitrogen and oxygen atoms in total. The van der Waals surface area contributed by atoms with E-state index in [1.807, 2.05) is 35.2 Å². The second kappa shape index (κ2) is 8.39. The Bertz CT molecular complexity index is 808. The van der Waals surface area contributed by atoms with Gasteiger partial charge in [-0.2, -0.15) is 0 Å². The summed E-state index contributed by atoms with van der Waals surface area (Å²) >= 11 is 0. The number of ether oxygens (including phenoxy) is 1. The Labute approximate surface area is 156 Å². The van der Waals surface area contributed by atoms with E-state index in [0.29, 0.717) is 31.9 Å². The zero-order chi connectivity index (χ0) is 19.2. The fourth-order valence-electron chi connectivity index (χ4n) is 2.91. The Hall–Kier alpha value is -3.29. The molecule has 3 rings (SSSR count). The Morgan fingerprint density at radius 3 is 2.41 bits per heavy atom. The molecule has 1 saturated heterocycles. The Kier molecular flexibility index (Phi) is 5.75. The number of nitrogens with one attached hydrogen (secondary N) is 1. The van der Waals surface area contributed by atoms with Crippen molar-refractivity contribution >= 4 is 23.6 Å². The van der Waals surface area contributed by atoms with Gasteiger partial charge in [0, 0.05) is 31.9 Å². The number of piperazine rings is 1. The number of carbonyl (C=O) groups is 2. The molecule has 1 aliphatic rings. The Morgan fingerprint density at radius 1 is 1.07 bits per heavy atom. The van der Waals surface area contributed by atoms with E-state index in [1.54, 1.807) is 4.90 Å². The standard InChI is InChI=1S/C19H20FN3O4/c20-16-12-15(21-18(24)25)6-7-17(16)22-8-10-23(11-9-22)19(26)27-13-14-4-2-1-3-5-14/h1-7,12,21H,8-11,13H2,(H,24,25). The van der Waals surface area contributed by atoms with Gasteiger partial charge >= 0.3 is 12.2 Å². The molecule has 142 valence electrons. The summed E-state index contributed by atoms with van der Waals surface area (Å²) in [4.78, 5) is 26.2. The van der Waals surface area contributed by atoms with Crippen molar-refractivity contribution in [2.75, 3.05) is 36.4 Å². The van der Waals surface area contributed by atoms with Gasteiger partial charge in [-0.3, -0.25) is 5.32 Å². The lowest BCUT2D eigenvalue weighted by Gasteiger charge is -2.35. The highest BCUT2D eigenvalue weighted by Crippen LogP contribution is 2.24. The largest absolute Gasteiger partial charge is 0.465 e. The third-order valence-electron chi connectivity index (χ3n) is 4.28. The van der Waals surface area contributed by atoms with Crippen molar-refractivity contribution in [2.45, 2.75) is 6.61 Å². The number of benzene rings is 2. The number of anilines is 2. The van der Waals surface area contributed by atoms with E-state index in [1.165, 1.54) is 12.1 Å². The first-order valence-corrected chi connectivity index (χ1v) is 8.53. The van der Waals surface area contributed by atoms with Crippen molar-refractivity contribution in [3.63, 3.8) is 0 Å². The molecular formula is C19H20FN3O4. The average Bonchev–Trinajstić information content (AvgIpc) is 2.67. The summed E-state index contributed by atoms with van der Waals surface area (Å²) in [6.07, 6.45) is -1.63. The van der Waals surface area contributed by atoms with Crippen molar-refractivity contribution < 1.29 is 23.8 Å². The second-order valence-corrected chi connectivity index (χ2v) is 6.11. The van der Waals surface area contributed by atoms with Crippen LogP contribution in [0.2, 0.25) is 0 Å². The highest BCUT2D eigenvalue weighted by molar-refractivity contribution is 5.83. The zero-order valence-corrected chi connectivity index (χ0v) is 14.6. The topological polar surface area (TPSA) is 82.1 Å². The van der Waals surface area contributed by atoms with Crippen LogP contribution in [0.3, 0.4) is 0 Å². The first-order chi connectivity index (χ1) is 13.0. The molecule has 1 aliphatic heterocycles. The fraction of sp³-hybridized carbons (Fsp3) is 0.263. The van der Waals surface area contributed by atoms with E-state index in [4.69, 9.17) is 9.84 Å². The van der Waals surface area contributed by atoms with Gasteiger partial charge in [-0.25, -0.2) is 14.0 Å². The maximum absolute atomic E-state index is 14.3. The summed E-state index contributed by atoms with van der Waals surface area (Å²) in [6, 6.07) is 13.6. The van der Waals surface area contributed by atoms with Crippen LogP contribution in [0.25, 0.3) is 0 Å². The monoisotopic (exact) mass is 373 g/mol. The molecule has 0 unspecified atom stereocenters. The number of halogens is 1. The molecule has 27 heavy (non-hydrogen) atoms. The average molecular weight is 373 g/mol. The molecule has 0 saturated carbocycles. The van der Waals surface area contributed by atoms with Crippen LogP contribution >= 0.6 is 0 Å². The number of nitrogens with zero attached hydrogens (tertiary/aromatic N) is 2. The van der Waals surface area contributed by atoms with E-state index < -0.39 is 11.9 Å². The molecule has 0 atom stereocenters. The number of hydrogen-bond donors (Lipinski definition) is 2. The summed E-state index contributed by atoms with van der Waals surface area (Å²) in [6.45, 7) is 1.98. The molecule has 0 spiro atoms. The molecule has 8 heteroatoms. The van der Waals surface area contributed by atoms with Crippen molar-refractivity contribution in [1.29, 1.82) is 0 Å². The summed E-state index contributed by atoms with van der Waals surface area (Å²) in [5.41, 5.74) is 1.47. The second-order valence-electron chi connectivity index (χ2n) is 6.11. The molecule has 2 aromatic rings. The van der Waals surface area contributed by atoms with Gasteiger partial charge in [0.2, 0.25) is 0 Å². The highest BCUT2D eigenvalue weighted by atomic mass is 19.1. The predicted molar refractivity (Wildman–Crippen MR) is 98.5 cm³/mol. The Balaban J connectivity index is 1.52. The molecule has 1 heterocycles. The van der Waals surface area contributed by atoms with Crippen LogP contribution in [0.1, 0.15) is 5.56 Å². The lowest BCUT2D eigenvalue weighted by atomic mass is 10.2. The zero-order valence-electron chi connectivity index (χ0n) is 14.6. The van der Waals surface area contributed by atoms with Gasteiger partial charge < -0.3 is 19.6 Å². The molecule has 1 fully saturated rings. The SMILES string of the molecule is O=C(O)Nc1ccc(N2CCN(C(=O)OCc3ccccc3)CC2)c(F)c1. The Morgan fingerprint density at radius 2 is 1.78 bits per heavy atom. The van der Waals surface area contributed by atoms with Crippen molar-refractivity contribution in [3.05, 3.63) is 59.9 Å². The van der Waals surface area contributed by atoms with Crippen molar-refractivity contribution in [2.24, 2.45) is 0 Å². The van der Waals surface area contributed by atoms with Crippen molar-refractivity contribution in [1.82, 2.24) is 4.90 Å². The first kappa shape index (κ1) is 18.5. The normalized spacial score (nSPS) is 14.0. The number of rotatable bonds is 4. The van der Waals surface area contributed by atoms with Crippen LogP contribution in [-0.4, -0.2) is 48.4 Å². The van der Waals surface area contributed by atoms with E-state index in [2.05, 4.69) is 5.32 Å². The highest BCUT2D eigenvalue weighted by Gasteiger charge is 2.24. The minimum absolute atomic E-state index is 0.173. The summed E-state index contributed by atoms with van der Waals surface area (Å²) in [7, 11) is 0. The summed E-state index contributed by atoms with van der Waals surface area (Å²) < 4.78 is 19.6. The van der Waals surface area contributed by atoms with Gasteiger partial charge in [-0.15, -0.1) is 0 Å². The van der Waals surface area contributed by atoms with Crippen LogP contribution in [0, 0.1) is 5.82 Å². The van der Waals surface area contributed by atoms with Crippen LogP contribution in [0.4, 0.5) is 25.4 Å². The number of hydrogen-bond acceptors (Lipinski definition) is 4. The summed E-state index contributed by atoms with van der Waals surface area (Å²) in [5.74, 6) is -0.513. The first-order valence-electron chi connectivity index (χ1n) is 8.53. The molecule has 0 aliphatic carbocycles. The van der Waals surface area contributed by atoms with Crippen LogP contribution in [-0.2, 0) is 11.3 Å². The van der Waals surface area contributed by atoms with E-state index >= 15 is 0 Å². The number of amides is 2. The van der Waals surface area contributed by atoms with Gasteiger partial charge in [-0.05, 0) is 23.8 Å². The van der Waals surface area contributed by atoms with Gasteiger partial charge in [0.25, 0.3) is 0 Å². The maximum Gasteiger partial charge on any atom is 0.410 e. The minimum atomic E-state index is -1.25. The van der Waals surface area contributed by atoms with Crippen LogP contribution in [0.15, 0.2) is 48.5 Å². The number of carbonyl (C=O) groups excluding carboxylic acids is 1. The van der Waals surface area contributed by atoms with E-state index in [0.717, 1.165) is 11.6 Å². The molecule has 2 amide bonds. The minimum Gasteiger partial charge on any atom is -0.465 e. The quantitative estimate of drug-likeness (QED) is 0.859. The molecular weight excluding hydrogens is 353 g/mol. The lowest BCUT2D eigenvalue weighted by Crippen LogP contribution is -2.49. The lowest BCUT2D eigenvalue weighted by molar-refractivity contribution is 0.0941. The van der Waals surface area contributed by atoms with Gasteiger partial charge in [-0.1, -0.05) is 30.3 Å². The maximum atomic E-state index is 14.3. The number of carboxylic acid groups (broad SMARTS) is 1. The fourth-order valence-corrected chi connectivity index (χ4v) is 2.91. The van der Waals surface area contributed by atoms with Crippen molar-refractivity contribution in [3.8, 4) is 0 Å². The van der Waals surface area contributed by atoms with E-state index in [9.17, 15) is 14.0 Å². The third kappa shape index (κ3) is 4.87. The molecule has 0 aromatic heterocycles. The molecule has 0 radical (unpaired) electrons. The van der Waals surface area contributed by atoms with Gasteiger partial charge in [0.15, 0.2) is 0 Å². The summed E-state index contributed by atoms with van der Waals surface area (Å²) in [5, 5.41) is 10.8. The molecule has 2 aromatic carbocycles. The molecule has 0 bridgehead atoms. The molecule has 2 N–H and O–H groups in total. The van der Waals surface area contributed by atoms with Gasteiger partial charge in [0.1, 0.15) is 12.4 Å². The van der Waals surface area contributed by atoms with Crippen LogP contribution < -0.4 is 10.2 Å².